The van der Waals surface area contributed by atoms with Crippen LogP contribution in [0.5, 0.6) is 0 Å². The van der Waals surface area contributed by atoms with Gasteiger partial charge in [0.2, 0.25) is 0 Å². The Balaban J connectivity index is 1.44. The number of hydrogen-bond donors (Lipinski definition) is 0. The van der Waals surface area contributed by atoms with Crippen LogP contribution >= 0.6 is 0 Å². The Kier molecular flexibility index (Phi) is 3.83. The van der Waals surface area contributed by atoms with Crippen LogP contribution in [0.2, 0.25) is 0 Å². The number of aryl methyl sites for hydroxylation is 1. The molecule has 2 heterocycles. The molecule has 1 saturated heterocycles. The lowest BCUT2D eigenvalue weighted by Crippen LogP contribution is -2.34. The van der Waals surface area contributed by atoms with Crippen molar-refractivity contribution in [3.8, 4) is 0 Å². The van der Waals surface area contributed by atoms with Crippen molar-refractivity contribution in [2.24, 2.45) is 0 Å². The van der Waals surface area contributed by atoms with Crippen molar-refractivity contribution >= 4 is 11.0 Å². The summed E-state index contributed by atoms with van der Waals surface area (Å²) in [5, 5.41) is 8.76. The van der Waals surface area contributed by atoms with Crippen molar-refractivity contribution < 1.29 is 0 Å². The van der Waals surface area contributed by atoms with E-state index in [-0.39, 0.29) is 0 Å². The minimum Gasteiger partial charge on any atom is -0.299 e. The first-order valence-corrected chi connectivity index (χ1v) is 8.37. The molecular formula is C19H22N4. The zero-order valence-corrected chi connectivity index (χ0v) is 13.5. The molecule has 0 bridgehead atoms. The SMILES string of the molecule is Cc1ccc2c(c1)nnn2C1CCN(Cc2ccccc2)CC1. The van der Waals surface area contributed by atoms with Crippen LogP contribution in [0.4, 0.5) is 0 Å². The highest BCUT2D eigenvalue weighted by atomic mass is 15.4. The number of likely N-dealkylation sites (tertiary alicyclic amines) is 1. The molecule has 1 fully saturated rings. The van der Waals surface area contributed by atoms with E-state index in [1.54, 1.807) is 0 Å². The molecule has 0 radical (unpaired) electrons. The first-order chi connectivity index (χ1) is 11.3. The molecule has 1 aliphatic rings. The topological polar surface area (TPSA) is 34.0 Å². The fraction of sp³-hybridized carbons (Fsp3) is 0.368. The molecule has 23 heavy (non-hydrogen) atoms. The summed E-state index contributed by atoms with van der Waals surface area (Å²) in [6.45, 7) is 5.38. The van der Waals surface area contributed by atoms with Crippen LogP contribution in [0, 0.1) is 6.92 Å². The molecule has 0 unspecified atom stereocenters. The first kappa shape index (κ1) is 14.4. The first-order valence-electron chi connectivity index (χ1n) is 8.37. The molecule has 1 aromatic heterocycles. The smallest absolute Gasteiger partial charge is 0.113 e. The number of aromatic nitrogens is 3. The van der Waals surface area contributed by atoms with E-state index in [2.05, 4.69) is 75.3 Å². The zero-order chi connectivity index (χ0) is 15.6. The van der Waals surface area contributed by atoms with Crippen molar-refractivity contribution in [2.75, 3.05) is 13.1 Å². The van der Waals surface area contributed by atoms with Crippen molar-refractivity contribution in [3.63, 3.8) is 0 Å². The number of rotatable bonds is 3. The Labute approximate surface area is 136 Å². The molecule has 118 valence electrons. The van der Waals surface area contributed by atoms with E-state index < -0.39 is 0 Å². The Morgan fingerprint density at radius 3 is 2.61 bits per heavy atom. The summed E-state index contributed by atoms with van der Waals surface area (Å²) in [5.41, 5.74) is 4.81. The van der Waals surface area contributed by atoms with Gasteiger partial charge in [0.15, 0.2) is 0 Å². The van der Waals surface area contributed by atoms with Crippen molar-refractivity contribution in [2.45, 2.75) is 32.4 Å². The Bertz CT molecular complexity index is 785. The third-order valence-electron chi connectivity index (χ3n) is 4.78. The van der Waals surface area contributed by atoms with Crippen molar-refractivity contribution in [1.29, 1.82) is 0 Å². The standard InChI is InChI=1S/C19H22N4/c1-15-7-8-19-18(13-15)20-21-23(19)17-9-11-22(12-10-17)14-16-5-3-2-4-6-16/h2-8,13,17H,9-12,14H2,1H3. The monoisotopic (exact) mass is 306 g/mol. The lowest BCUT2D eigenvalue weighted by molar-refractivity contribution is 0.174. The summed E-state index contributed by atoms with van der Waals surface area (Å²) in [5.74, 6) is 0. The molecule has 2 aromatic carbocycles. The van der Waals surface area contributed by atoms with E-state index in [4.69, 9.17) is 0 Å². The van der Waals surface area contributed by atoms with Gasteiger partial charge in [-0.2, -0.15) is 0 Å². The second-order valence-corrected chi connectivity index (χ2v) is 6.52. The van der Waals surface area contributed by atoms with E-state index in [9.17, 15) is 0 Å². The average Bonchev–Trinajstić information content (AvgIpc) is 2.99. The third kappa shape index (κ3) is 2.99. The number of benzene rings is 2. The van der Waals surface area contributed by atoms with Gasteiger partial charge in [0.25, 0.3) is 0 Å². The maximum atomic E-state index is 4.42. The maximum Gasteiger partial charge on any atom is 0.113 e. The summed E-state index contributed by atoms with van der Waals surface area (Å²) < 4.78 is 2.13. The number of piperidine rings is 1. The minimum absolute atomic E-state index is 0.467. The van der Waals surface area contributed by atoms with Gasteiger partial charge >= 0.3 is 0 Å². The second kappa shape index (κ2) is 6.13. The average molecular weight is 306 g/mol. The van der Waals surface area contributed by atoms with Crippen LogP contribution in [-0.4, -0.2) is 33.0 Å². The quantitative estimate of drug-likeness (QED) is 0.742. The van der Waals surface area contributed by atoms with Gasteiger partial charge in [0.05, 0.1) is 11.6 Å². The summed E-state index contributed by atoms with van der Waals surface area (Å²) in [6, 6.07) is 17.6. The van der Waals surface area contributed by atoms with Crippen LogP contribution in [0.25, 0.3) is 11.0 Å². The van der Waals surface area contributed by atoms with E-state index >= 15 is 0 Å². The molecule has 0 N–H and O–H groups in total. The largest absolute Gasteiger partial charge is 0.299 e. The van der Waals surface area contributed by atoms with Gasteiger partial charge in [0, 0.05) is 19.6 Å². The highest BCUT2D eigenvalue weighted by Gasteiger charge is 2.22. The molecule has 0 amide bonds. The van der Waals surface area contributed by atoms with Gasteiger partial charge in [-0.15, -0.1) is 5.10 Å². The zero-order valence-electron chi connectivity index (χ0n) is 13.5. The molecule has 4 nitrogen and oxygen atoms in total. The van der Waals surface area contributed by atoms with E-state index in [1.165, 1.54) is 11.1 Å². The van der Waals surface area contributed by atoms with E-state index in [0.717, 1.165) is 43.5 Å². The molecule has 3 aromatic rings. The highest BCUT2D eigenvalue weighted by molar-refractivity contribution is 5.75. The van der Waals surface area contributed by atoms with Crippen LogP contribution < -0.4 is 0 Å². The fourth-order valence-corrected chi connectivity index (χ4v) is 3.49. The van der Waals surface area contributed by atoms with E-state index in [1.807, 2.05) is 0 Å². The molecule has 0 saturated carbocycles. The summed E-state index contributed by atoms with van der Waals surface area (Å²) in [6.07, 6.45) is 2.28. The van der Waals surface area contributed by atoms with E-state index in [0.29, 0.717) is 6.04 Å². The predicted molar refractivity (Wildman–Crippen MR) is 92.3 cm³/mol. The molecule has 0 atom stereocenters. The van der Waals surface area contributed by atoms with Crippen molar-refractivity contribution in [1.82, 2.24) is 19.9 Å². The Morgan fingerprint density at radius 2 is 1.83 bits per heavy atom. The third-order valence-corrected chi connectivity index (χ3v) is 4.78. The lowest BCUT2D eigenvalue weighted by Gasteiger charge is -2.32. The fourth-order valence-electron chi connectivity index (χ4n) is 3.49. The van der Waals surface area contributed by atoms with Gasteiger partial charge in [-0.1, -0.05) is 41.6 Å². The normalized spacial score (nSPS) is 16.9. The predicted octanol–water partition coefficient (Wildman–Crippen LogP) is 3.58. The van der Waals surface area contributed by atoms with Gasteiger partial charge in [-0.3, -0.25) is 4.90 Å². The maximum absolute atomic E-state index is 4.42. The molecule has 0 spiro atoms. The lowest BCUT2D eigenvalue weighted by atomic mass is 10.0. The Hall–Kier alpha value is -2.20. The van der Waals surface area contributed by atoms with Gasteiger partial charge < -0.3 is 0 Å². The number of fused-ring (bicyclic) bond motifs is 1. The summed E-state index contributed by atoms with van der Waals surface area (Å²) in [7, 11) is 0. The van der Waals surface area contributed by atoms with Gasteiger partial charge in [0.1, 0.15) is 5.52 Å². The summed E-state index contributed by atoms with van der Waals surface area (Å²) >= 11 is 0. The highest BCUT2D eigenvalue weighted by Crippen LogP contribution is 2.26. The van der Waals surface area contributed by atoms with Gasteiger partial charge in [-0.05, 0) is 43.0 Å². The second-order valence-electron chi connectivity index (χ2n) is 6.52. The minimum atomic E-state index is 0.467. The van der Waals surface area contributed by atoms with Gasteiger partial charge in [-0.25, -0.2) is 4.68 Å². The van der Waals surface area contributed by atoms with Crippen molar-refractivity contribution in [3.05, 3.63) is 59.7 Å². The number of hydrogen-bond acceptors (Lipinski definition) is 3. The molecule has 1 aliphatic heterocycles. The van der Waals surface area contributed by atoms with Crippen LogP contribution in [-0.2, 0) is 6.54 Å². The summed E-state index contributed by atoms with van der Waals surface area (Å²) in [4.78, 5) is 2.54. The molecular weight excluding hydrogens is 284 g/mol. The van der Waals surface area contributed by atoms with Crippen LogP contribution in [0.1, 0.15) is 30.0 Å². The molecule has 4 rings (SSSR count). The number of nitrogens with zero attached hydrogens (tertiary/aromatic N) is 4. The molecule has 4 heteroatoms. The Morgan fingerprint density at radius 1 is 1.04 bits per heavy atom. The molecule has 0 aliphatic carbocycles. The van der Waals surface area contributed by atoms with Crippen LogP contribution in [0.15, 0.2) is 48.5 Å². The van der Waals surface area contributed by atoms with Crippen LogP contribution in [0.3, 0.4) is 0 Å².